The highest BCUT2D eigenvalue weighted by Gasteiger charge is 2.21. The Morgan fingerprint density at radius 1 is 1.24 bits per heavy atom. The van der Waals surface area contributed by atoms with E-state index >= 15 is 0 Å². The lowest BCUT2D eigenvalue weighted by Gasteiger charge is -2.33. The predicted octanol–water partition coefficient (Wildman–Crippen LogP) is 3.00. The molecule has 0 saturated carbocycles. The molecule has 2 heterocycles. The minimum atomic E-state index is 0.428. The molecule has 0 radical (unpaired) electrons. The first kappa shape index (κ1) is 17.6. The van der Waals surface area contributed by atoms with Gasteiger partial charge in [0.25, 0.3) is 0 Å². The standard InChI is InChI=1S/C19H28N4O2/c1-4-23-11-9-20-19(23)14-22-10-5-6-16(13-22)21-15-7-8-17(24-2)18(12-15)25-3/h7-9,11-12,16,21H,4-6,10,13-14H2,1-3H3. The molecule has 1 atom stereocenters. The number of rotatable bonds is 7. The summed E-state index contributed by atoms with van der Waals surface area (Å²) in [5, 5.41) is 3.64. The Bertz CT molecular complexity index is 686. The lowest BCUT2D eigenvalue weighted by Crippen LogP contribution is -2.42. The smallest absolute Gasteiger partial charge is 0.162 e. The van der Waals surface area contributed by atoms with Crippen molar-refractivity contribution in [1.82, 2.24) is 14.5 Å². The van der Waals surface area contributed by atoms with Gasteiger partial charge in [-0.15, -0.1) is 0 Å². The van der Waals surface area contributed by atoms with Crippen molar-refractivity contribution in [2.75, 3.05) is 32.6 Å². The molecule has 1 fully saturated rings. The van der Waals surface area contributed by atoms with E-state index in [-0.39, 0.29) is 0 Å². The molecule has 3 rings (SSSR count). The molecule has 6 heteroatoms. The Morgan fingerprint density at radius 3 is 2.84 bits per heavy atom. The van der Waals surface area contributed by atoms with Crippen molar-refractivity contribution in [3.8, 4) is 11.5 Å². The highest BCUT2D eigenvalue weighted by Crippen LogP contribution is 2.30. The molecular weight excluding hydrogens is 316 g/mol. The molecule has 1 aliphatic rings. The molecule has 0 aliphatic carbocycles. The summed E-state index contributed by atoms with van der Waals surface area (Å²) in [4.78, 5) is 6.98. The van der Waals surface area contributed by atoms with Gasteiger partial charge in [0.15, 0.2) is 11.5 Å². The number of aromatic nitrogens is 2. The van der Waals surface area contributed by atoms with Crippen LogP contribution < -0.4 is 14.8 Å². The van der Waals surface area contributed by atoms with Crippen molar-refractivity contribution in [2.24, 2.45) is 0 Å². The molecule has 1 aromatic carbocycles. The molecule has 1 aliphatic heterocycles. The average molecular weight is 344 g/mol. The second kappa shape index (κ2) is 8.25. The molecule has 1 unspecified atom stereocenters. The van der Waals surface area contributed by atoms with Gasteiger partial charge in [-0.1, -0.05) is 0 Å². The van der Waals surface area contributed by atoms with Crippen LogP contribution in [0.3, 0.4) is 0 Å². The van der Waals surface area contributed by atoms with E-state index in [1.54, 1.807) is 14.2 Å². The number of ether oxygens (including phenoxy) is 2. The summed E-state index contributed by atoms with van der Waals surface area (Å²) in [6.07, 6.45) is 6.31. The Kier molecular flexibility index (Phi) is 5.81. The lowest BCUT2D eigenvalue weighted by molar-refractivity contribution is 0.201. The van der Waals surface area contributed by atoms with Crippen molar-refractivity contribution in [3.05, 3.63) is 36.4 Å². The van der Waals surface area contributed by atoms with E-state index in [0.29, 0.717) is 6.04 Å². The van der Waals surface area contributed by atoms with E-state index in [1.165, 1.54) is 12.8 Å². The average Bonchev–Trinajstić information content (AvgIpc) is 3.09. The summed E-state index contributed by atoms with van der Waals surface area (Å²) in [6, 6.07) is 6.42. The number of nitrogens with one attached hydrogen (secondary N) is 1. The normalized spacial score (nSPS) is 18.1. The van der Waals surface area contributed by atoms with Gasteiger partial charge in [-0.3, -0.25) is 4.90 Å². The molecule has 0 amide bonds. The molecule has 0 bridgehead atoms. The zero-order chi connectivity index (χ0) is 17.6. The highest BCUT2D eigenvalue weighted by atomic mass is 16.5. The summed E-state index contributed by atoms with van der Waals surface area (Å²) in [6.45, 7) is 6.18. The minimum absolute atomic E-state index is 0.428. The third-order valence-corrected chi connectivity index (χ3v) is 4.77. The first-order valence-corrected chi connectivity index (χ1v) is 8.94. The molecule has 1 saturated heterocycles. The van der Waals surface area contributed by atoms with Gasteiger partial charge in [-0.25, -0.2) is 4.98 Å². The van der Waals surface area contributed by atoms with E-state index in [2.05, 4.69) is 32.9 Å². The fraction of sp³-hybridized carbons (Fsp3) is 0.526. The first-order valence-electron chi connectivity index (χ1n) is 8.94. The highest BCUT2D eigenvalue weighted by molar-refractivity contribution is 5.55. The number of methoxy groups -OCH3 is 2. The summed E-state index contributed by atoms with van der Waals surface area (Å²) in [5.74, 6) is 2.66. The Morgan fingerprint density at radius 2 is 2.08 bits per heavy atom. The monoisotopic (exact) mass is 344 g/mol. The maximum absolute atomic E-state index is 5.40. The number of hydrogen-bond donors (Lipinski definition) is 1. The molecule has 136 valence electrons. The molecule has 0 spiro atoms. The van der Waals surface area contributed by atoms with Gasteiger partial charge in [0, 0.05) is 43.3 Å². The number of piperidine rings is 1. The van der Waals surface area contributed by atoms with Gasteiger partial charge in [0.05, 0.1) is 20.8 Å². The molecule has 25 heavy (non-hydrogen) atoms. The molecule has 6 nitrogen and oxygen atoms in total. The van der Waals surface area contributed by atoms with Crippen LogP contribution in [-0.2, 0) is 13.1 Å². The maximum Gasteiger partial charge on any atom is 0.162 e. The van der Waals surface area contributed by atoms with Crippen molar-refractivity contribution in [1.29, 1.82) is 0 Å². The Labute approximate surface area is 149 Å². The summed E-state index contributed by atoms with van der Waals surface area (Å²) in [5.41, 5.74) is 1.07. The fourth-order valence-corrected chi connectivity index (χ4v) is 3.46. The van der Waals surface area contributed by atoms with Crippen LogP contribution in [0.15, 0.2) is 30.6 Å². The number of benzene rings is 1. The number of aryl methyl sites for hydroxylation is 1. The third kappa shape index (κ3) is 4.25. The van der Waals surface area contributed by atoms with Gasteiger partial charge in [-0.2, -0.15) is 0 Å². The van der Waals surface area contributed by atoms with Crippen molar-refractivity contribution in [2.45, 2.75) is 38.9 Å². The van der Waals surface area contributed by atoms with E-state index in [9.17, 15) is 0 Å². The van der Waals surface area contributed by atoms with Crippen LogP contribution in [0, 0.1) is 0 Å². The second-order valence-electron chi connectivity index (χ2n) is 6.42. The third-order valence-electron chi connectivity index (χ3n) is 4.77. The molecular formula is C19H28N4O2. The van der Waals surface area contributed by atoms with Gasteiger partial charge in [0.1, 0.15) is 5.82 Å². The molecule has 2 aromatic rings. The van der Waals surface area contributed by atoms with Crippen LogP contribution in [-0.4, -0.2) is 47.8 Å². The fourth-order valence-electron chi connectivity index (χ4n) is 3.46. The van der Waals surface area contributed by atoms with Crippen molar-refractivity contribution >= 4 is 5.69 Å². The van der Waals surface area contributed by atoms with Gasteiger partial charge >= 0.3 is 0 Å². The summed E-state index contributed by atoms with van der Waals surface area (Å²) >= 11 is 0. The van der Waals surface area contributed by atoms with E-state index in [4.69, 9.17) is 9.47 Å². The minimum Gasteiger partial charge on any atom is -0.493 e. The van der Waals surface area contributed by atoms with Crippen molar-refractivity contribution < 1.29 is 9.47 Å². The van der Waals surface area contributed by atoms with E-state index in [1.807, 2.05) is 24.4 Å². The van der Waals surface area contributed by atoms with Gasteiger partial charge in [0.2, 0.25) is 0 Å². The summed E-state index contributed by atoms with van der Waals surface area (Å²) < 4.78 is 12.9. The summed E-state index contributed by atoms with van der Waals surface area (Å²) in [7, 11) is 3.32. The lowest BCUT2D eigenvalue weighted by atomic mass is 10.1. The zero-order valence-corrected chi connectivity index (χ0v) is 15.4. The Hall–Kier alpha value is -2.21. The van der Waals surface area contributed by atoms with Gasteiger partial charge in [-0.05, 0) is 38.4 Å². The maximum atomic E-state index is 5.40. The van der Waals surface area contributed by atoms with Crippen LogP contribution in [0.1, 0.15) is 25.6 Å². The van der Waals surface area contributed by atoms with Crippen LogP contribution in [0.25, 0.3) is 0 Å². The van der Waals surface area contributed by atoms with Crippen LogP contribution in [0.5, 0.6) is 11.5 Å². The SMILES string of the molecule is CCn1ccnc1CN1CCCC(Nc2ccc(OC)c(OC)c2)C1. The van der Waals surface area contributed by atoms with Crippen LogP contribution in [0.2, 0.25) is 0 Å². The zero-order valence-electron chi connectivity index (χ0n) is 15.4. The molecule has 1 aromatic heterocycles. The van der Waals surface area contributed by atoms with Crippen molar-refractivity contribution in [3.63, 3.8) is 0 Å². The number of nitrogens with zero attached hydrogens (tertiary/aromatic N) is 3. The Balaban J connectivity index is 1.62. The molecule has 1 N–H and O–H groups in total. The number of hydrogen-bond acceptors (Lipinski definition) is 5. The quantitative estimate of drug-likeness (QED) is 0.837. The largest absolute Gasteiger partial charge is 0.493 e. The number of anilines is 1. The predicted molar refractivity (Wildman–Crippen MR) is 99.4 cm³/mol. The van der Waals surface area contributed by atoms with Crippen LogP contribution in [0.4, 0.5) is 5.69 Å². The van der Waals surface area contributed by atoms with Gasteiger partial charge < -0.3 is 19.4 Å². The second-order valence-corrected chi connectivity index (χ2v) is 6.42. The van der Waals surface area contributed by atoms with Crippen LogP contribution >= 0.6 is 0 Å². The topological polar surface area (TPSA) is 51.6 Å². The number of likely N-dealkylation sites (tertiary alicyclic amines) is 1. The first-order chi connectivity index (χ1) is 12.2. The number of imidazole rings is 1. The van der Waals surface area contributed by atoms with E-state index in [0.717, 1.165) is 49.2 Å². The van der Waals surface area contributed by atoms with E-state index < -0.39 is 0 Å².